The maximum Gasteiger partial charge on any atom is 0.269 e. The van der Waals surface area contributed by atoms with Crippen molar-refractivity contribution in [2.75, 3.05) is 6.54 Å². The Hall–Kier alpha value is -1.91. The molecule has 0 radical (unpaired) electrons. The fourth-order valence-electron chi connectivity index (χ4n) is 2.04. The summed E-state index contributed by atoms with van der Waals surface area (Å²) in [6.45, 7) is 3.52. The maximum atomic E-state index is 10.6. The molecule has 21 heavy (non-hydrogen) atoms. The van der Waals surface area contributed by atoms with Gasteiger partial charge in [-0.3, -0.25) is 10.1 Å². The lowest BCUT2D eigenvalue weighted by atomic mass is 10.1. The summed E-state index contributed by atoms with van der Waals surface area (Å²) < 4.78 is 0. The number of aryl methyl sites for hydroxylation is 1. The van der Waals surface area contributed by atoms with E-state index in [9.17, 15) is 10.1 Å². The van der Waals surface area contributed by atoms with Crippen LogP contribution in [0.25, 0.3) is 0 Å². The molecule has 0 aliphatic heterocycles. The molecule has 4 nitrogen and oxygen atoms in total. The number of hydrogen-bond donors (Lipinski definition) is 1. The Morgan fingerprint density at radius 2 is 1.90 bits per heavy atom. The molecule has 0 aliphatic carbocycles. The molecule has 1 N–H and O–H groups in total. The van der Waals surface area contributed by atoms with Crippen molar-refractivity contribution in [1.29, 1.82) is 0 Å². The van der Waals surface area contributed by atoms with E-state index in [4.69, 9.17) is 11.6 Å². The van der Waals surface area contributed by atoms with Crippen molar-refractivity contribution < 1.29 is 4.92 Å². The zero-order chi connectivity index (χ0) is 15.2. The van der Waals surface area contributed by atoms with Crippen molar-refractivity contribution >= 4 is 17.3 Å². The van der Waals surface area contributed by atoms with Gasteiger partial charge in [-0.25, -0.2) is 0 Å². The molecule has 0 saturated heterocycles. The molecule has 2 aromatic rings. The summed E-state index contributed by atoms with van der Waals surface area (Å²) in [6, 6.07) is 12.7. The molecule has 0 aromatic heterocycles. The van der Waals surface area contributed by atoms with Gasteiger partial charge >= 0.3 is 0 Å². The van der Waals surface area contributed by atoms with E-state index >= 15 is 0 Å². The number of nitrogens with one attached hydrogen (secondary N) is 1. The Labute approximate surface area is 128 Å². The average molecular weight is 305 g/mol. The van der Waals surface area contributed by atoms with Gasteiger partial charge in [0.2, 0.25) is 0 Å². The van der Waals surface area contributed by atoms with Crippen LogP contribution >= 0.6 is 11.6 Å². The zero-order valence-electron chi connectivity index (χ0n) is 11.8. The monoisotopic (exact) mass is 304 g/mol. The second kappa shape index (κ2) is 7.20. The van der Waals surface area contributed by atoms with E-state index < -0.39 is 0 Å². The van der Waals surface area contributed by atoms with Crippen LogP contribution in [0, 0.1) is 17.0 Å². The third-order valence-electron chi connectivity index (χ3n) is 3.26. The molecule has 110 valence electrons. The highest BCUT2D eigenvalue weighted by Crippen LogP contribution is 2.17. The van der Waals surface area contributed by atoms with Crippen molar-refractivity contribution in [3.8, 4) is 0 Å². The Morgan fingerprint density at radius 1 is 1.19 bits per heavy atom. The van der Waals surface area contributed by atoms with Gasteiger partial charge in [-0.05, 0) is 42.6 Å². The first-order chi connectivity index (χ1) is 10.1. The lowest BCUT2D eigenvalue weighted by Gasteiger charge is -2.07. The maximum absolute atomic E-state index is 10.6. The summed E-state index contributed by atoms with van der Waals surface area (Å²) >= 11 is 6.17. The van der Waals surface area contributed by atoms with E-state index in [1.807, 2.05) is 25.1 Å². The Morgan fingerprint density at radius 3 is 2.52 bits per heavy atom. The smallest absolute Gasteiger partial charge is 0.269 e. The molecule has 0 fully saturated rings. The number of nitro benzene ring substituents is 1. The summed E-state index contributed by atoms with van der Waals surface area (Å²) in [5, 5.41) is 14.7. The van der Waals surface area contributed by atoms with Crippen LogP contribution in [0.4, 0.5) is 5.69 Å². The van der Waals surface area contributed by atoms with Crippen LogP contribution in [0.3, 0.4) is 0 Å². The molecule has 0 aliphatic rings. The molecule has 2 aromatic carbocycles. The molecule has 0 saturated carbocycles. The van der Waals surface area contributed by atoms with Gasteiger partial charge < -0.3 is 5.32 Å². The normalized spacial score (nSPS) is 10.6. The number of halogens is 1. The molecular weight excluding hydrogens is 288 g/mol. The predicted molar refractivity (Wildman–Crippen MR) is 84.7 cm³/mol. The van der Waals surface area contributed by atoms with Gasteiger partial charge in [-0.15, -0.1) is 0 Å². The average Bonchev–Trinajstić information content (AvgIpc) is 2.46. The summed E-state index contributed by atoms with van der Waals surface area (Å²) in [5.41, 5.74) is 3.42. The highest BCUT2D eigenvalue weighted by Gasteiger charge is 2.04. The molecule has 0 spiro atoms. The fourth-order valence-corrected chi connectivity index (χ4v) is 2.34. The van der Waals surface area contributed by atoms with E-state index in [1.165, 1.54) is 12.1 Å². The first-order valence-corrected chi connectivity index (χ1v) is 7.13. The lowest BCUT2D eigenvalue weighted by molar-refractivity contribution is -0.384. The topological polar surface area (TPSA) is 55.2 Å². The van der Waals surface area contributed by atoms with Crippen LogP contribution in [0.5, 0.6) is 0 Å². The summed E-state index contributed by atoms with van der Waals surface area (Å²) in [6.07, 6.45) is 0.821. The van der Waals surface area contributed by atoms with Crippen molar-refractivity contribution in [2.45, 2.75) is 19.9 Å². The number of hydrogen-bond acceptors (Lipinski definition) is 3. The van der Waals surface area contributed by atoms with Crippen LogP contribution in [0.15, 0.2) is 42.5 Å². The number of non-ortho nitro benzene ring substituents is 1. The second-order valence-electron chi connectivity index (χ2n) is 4.95. The minimum atomic E-state index is -0.387. The first-order valence-electron chi connectivity index (χ1n) is 6.75. The molecule has 2 rings (SSSR count). The van der Waals surface area contributed by atoms with Crippen LogP contribution in [0.2, 0.25) is 5.02 Å². The number of nitrogens with zero attached hydrogens (tertiary/aromatic N) is 1. The van der Waals surface area contributed by atoms with E-state index in [-0.39, 0.29) is 10.6 Å². The second-order valence-corrected chi connectivity index (χ2v) is 5.35. The van der Waals surface area contributed by atoms with E-state index in [0.717, 1.165) is 34.7 Å². The molecule has 5 heteroatoms. The third-order valence-corrected chi connectivity index (χ3v) is 3.61. The molecule has 0 atom stereocenters. The fraction of sp³-hybridized carbons (Fsp3) is 0.250. The number of benzene rings is 2. The summed E-state index contributed by atoms with van der Waals surface area (Å²) in [7, 11) is 0. The van der Waals surface area contributed by atoms with Crippen molar-refractivity contribution in [3.63, 3.8) is 0 Å². The van der Waals surface area contributed by atoms with Gasteiger partial charge in [0.1, 0.15) is 0 Å². The predicted octanol–water partition coefficient (Wildman–Crippen LogP) is 3.89. The SMILES string of the molecule is Cc1ccc(CNCCc2ccc([N+](=O)[O-])cc2)c(Cl)c1. The quantitative estimate of drug-likeness (QED) is 0.500. The third kappa shape index (κ3) is 4.55. The number of nitro groups is 1. The van der Waals surface area contributed by atoms with Crippen molar-refractivity contribution in [2.24, 2.45) is 0 Å². The highest BCUT2D eigenvalue weighted by atomic mass is 35.5. The molecule has 0 heterocycles. The lowest BCUT2D eigenvalue weighted by Crippen LogP contribution is -2.16. The Balaban J connectivity index is 1.80. The van der Waals surface area contributed by atoms with Gasteiger partial charge in [0, 0.05) is 23.7 Å². The van der Waals surface area contributed by atoms with E-state index in [0.29, 0.717) is 6.54 Å². The van der Waals surface area contributed by atoms with Gasteiger partial charge in [0.15, 0.2) is 0 Å². The van der Waals surface area contributed by atoms with Crippen LogP contribution in [-0.2, 0) is 13.0 Å². The van der Waals surface area contributed by atoms with Gasteiger partial charge in [-0.1, -0.05) is 35.9 Å². The summed E-state index contributed by atoms with van der Waals surface area (Å²) in [5.74, 6) is 0. The molecule has 0 bridgehead atoms. The molecule has 0 unspecified atom stereocenters. The molecule has 0 amide bonds. The van der Waals surface area contributed by atoms with Crippen LogP contribution in [-0.4, -0.2) is 11.5 Å². The zero-order valence-corrected chi connectivity index (χ0v) is 12.6. The summed E-state index contributed by atoms with van der Waals surface area (Å²) in [4.78, 5) is 10.2. The van der Waals surface area contributed by atoms with Gasteiger partial charge in [-0.2, -0.15) is 0 Å². The minimum absolute atomic E-state index is 0.123. The van der Waals surface area contributed by atoms with Gasteiger partial charge in [0.25, 0.3) is 5.69 Å². The highest BCUT2D eigenvalue weighted by molar-refractivity contribution is 6.31. The van der Waals surface area contributed by atoms with E-state index in [2.05, 4.69) is 5.32 Å². The van der Waals surface area contributed by atoms with Crippen LogP contribution < -0.4 is 5.32 Å². The first kappa shape index (κ1) is 15.5. The number of rotatable bonds is 6. The van der Waals surface area contributed by atoms with Crippen molar-refractivity contribution in [3.05, 3.63) is 74.3 Å². The minimum Gasteiger partial charge on any atom is -0.312 e. The molecular formula is C16H17ClN2O2. The Bertz CT molecular complexity index is 627. The standard InChI is InChI=1S/C16H17ClN2O2/c1-12-2-5-14(16(17)10-12)11-18-9-8-13-3-6-15(7-4-13)19(20)21/h2-7,10,18H,8-9,11H2,1H3. The Kier molecular flexibility index (Phi) is 5.31. The van der Waals surface area contributed by atoms with E-state index in [1.54, 1.807) is 12.1 Å². The largest absolute Gasteiger partial charge is 0.312 e. The van der Waals surface area contributed by atoms with Crippen molar-refractivity contribution in [1.82, 2.24) is 5.32 Å². The van der Waals surface area contributed by atoms with Gasteiger partial charge in [0.05, 0.1) is 4.92 Å². The van der Waals surface area contributed by atoms with Crippen LogP contribution in [0.1, 0.15) is 16.7 Å².